The molecule has 1 aliphatic rings. The predicted molar refractivity (Wildman–Crippen MR) is 91.9 cm³/mol. The fourth-order valence-corrected chi connectivity index (χ4v) is 3.10. The van der Waals surface area contributed by atoms with E-state index in [1.165, 1.54) is 6.07 Å². The Labute approximate surface area is 149 Å². The summed E-state index contributed by atoms with van der Waals surface area (Å²) in [7, 11) is -3.44. The van der Waals surface area contributed by atoms with E-state index in [1.54, 1.807) is 4.90 Å². The molecule has 2 aromatic rings. The molecule has 1 aromatic carbocycles. The number of nitrogens with one attached hydrogen (secondary N) is 1. The first-order valence-corrected chi connectivity index (χ1v) is 9.81. The molecule has 26 heavy (non-hydrogen) atoms. The van der Waals surface area contributed by atoms with E-state index in [-0.39, 0.29) is 23.8 Å². The standard InChI is InChI=1S/C16H18F2N4O3S/c1-26(24,25)19-8-13-7-15(10-4-11(17)6-12(18)5-10)21-16(20-13)22-3-2-14(23)9-22/h4-7,14,19,23H,2-3,8-9H2,1H3/t14-/m0/s1. The summed E-state index contributed by atoms with van der Waals surface area (Å²) in [6, 6.07) is 4.51. The molecule has 0 spiro atoms. The minimum absolute atomic E-state index is 0.0878. The van der Waals surface area contributed by atoms with E-state index < -0.39 is 27.8 Å². The van der Waals surface area contributed by atoms with Gasteiger partial charge in [-0.1, -0.05) is 0 Å². The SMILES string of the molecule is CS(=O)(=O)NCc1cc(-c2cc(F)cc(F)c2)nc(N2CC[C@H](O)C2)n1. The molecule has 1 aromatic heterocycles. The summed E-state index contributed by atoms with van der Waals surface area (Å²) in [6.07, 6.45) is 1.07. The monoisotopic (exact) mass is 384 g/mol. The molecule has 0 amide bonds. The van der Waals surface area contributed by atoms with Crippen molar-refractivity contribution >= 4 is 16.0 Å². The van der Waals surface area contributed by atoms with Gasteiger partial charge >= 0.3 is 0 Å². The molecule has 1 fully saturated rings. The average Bonchev–Trinajstić information content (AvgIpc) is 2.98. The largest absolute Gasteiger partial charge is 0.391 e. The highest BCUT2D eigenvalue weighted by molar-refractivity contribution is 7.88. The number of aromatic nitrogens is 2. The predicted octanol–water partition coefficient (Wildman–Crippen LogP) is 1.04. The van der Waals surface area contributed by atoms with Gasteiger partial charge in [-0.05, 0) is 24.6 Å². The Morgan fingerprint density at radius 1 is 1.23 bits per heavy atom. The molecule has 1 atom stereocenters. The molecule has 1 aliphatic heterocycles. The number of rotatable bonds is 5. The topological polar surface area (TPSA) is 95.4 Å². The Morgan fingerprint density at radius 3 is 2.50 bits per heavy atom. The lowest BCUT2D eigenvalue weighted by Crippen LogP contribution is -2.26. The number of anilines is 1. The van der Waals surface area contributed by atoms with Crippen molar-refractivity contribution in [3.63, 3.8) is 0 Å². The van der Waals surface area contributed by atoms with Crippen LogP contribution in [0.15, 0.2) is 24.3 Å². The number of halogens is 2. The first kappa shape index (κ1) is 18.6. The van der Waals surface area contributed by atoms with Crippen LogP contribution in [0.1, 0.15) is 12.1 Å². The van der Waals surface area contributed by atoms with Gasteiger partial charge in [0.15, 0.2) is 0 Å². The number of benzene rings is 1. The van der Waals surface area contributed by atoms with E-state index in [1.807, 2.05) is 0 Å². The van der Waals surface area contributed by atoms with Crippen molar-refractivity contribution in [2.45, 2.75) is 19.1 Å². The molecule has 140 valence electrons. The van der Waals surface area contributed by atoms with Crippen LogP contribution >= 0.6 is 0 Å². The summed E-state index contributed by atoms with van der Waals surface area (Å²) >= 11 is 0. The molecule has 1 saturated heterocycles. The van der Waals surface area contributed by atoms with Gasteiger partial charge in [0.05, 0.1) is 30.3 Å². The lowest BCUT2D eigenvalue weighted by molar-refractivity contribution is 0.198. The van der Waals surface area contributed by atoms with E-state index in [0.717, 1.165) is 24.5 Å². The first-order valence-electron chi connectivity index (χ1n) is 7.92. The Bertz CT molecular complexity index is 903. The number of aliphatic hydroxyl groups excluding tert-OH is 1. The second kappa shape index (κ2) is 7.22. The van der Waals surface area contributed by atoms with E-state index in [0.29, 0.717) is 25.2 Å². The highest BCUT2D eigenvalue weighted by Crippen LogP contribution is 2.24. The quantitative estimate of drug-likeness (QED) is 0.800. The molecule has 2 N–H and O–H groups in total. The zero-order chi connectivity index (χ0) is 18.9. The zero-order valence-electron chi connectivity index (χ0n) is 14.0. The van der Waals surface area contributed by atoms with Gasteiger partial charge in [-0.25, -0.2) is 31.9 Å². The third kappa shape index (κ3) is 4.71. The number of aliphatic hydroxyl groups is 1. The van der Waals surface area contributed by atoms with Crippen molar-refractivity contribution in [3.05, 3.63) is 41.6 Å². The van der Waals surface area contributed by atoms with Crippen molar-refractivity contribution in [1.82, 2.24) is 14.7 Å². The summed E-state index contributed by atoms with van der Waals surface area (Å²) in [4.78, 5) is 10.4. The van der Waals surface area contributed by atoms with Crippen molar-refractivity contribution in [3.8, 4) is 11.3 Å². The lowest BCUT2D eigenvalue weighted by Gasteiger charge is -2.17. The van der Waals surface area contributed by atoms with Gasteiger partial charge in [-0.15, -0.1) is 0 Å². The molecule has 10 heteroatoms. The third-order valence-corrected chi connectivity index (χ3v) is 4.56. The van der Waals surface area contributed by atoms with E-state index in [2.05, 4.69) is 14.7 Å². The Hall–Kier alpha value is -2.17. The van der Waals surface area contributed by atoms with Gasteiger partial charge < -0.3 is 10.0 Å². The van der Waals surface area contributed by atoms with Crippen molar-refractivity contribution < 1.29 is 22.3 Å². The number of hydrogen-bond acceptors (Lipinski definition) is 6. The minimum atomic E-state index is -3.44. The summed E-state index contributed by atoms with van der Waals surface area (Å²) in [6.45, 7) is 0.774. The number of sulfonamides is 1. The van der Waals surface area contributed by atoms with Gasteiger partial charge in [0.25, 0.3) is 0 Å². The van der Waals surface area contributed by atoms with E-state index in [9.17, 15) is 22.3 Å². The van der Waals surface area contributed by atoms with Crippen LogP contribution in [0.3, 0.4) is 0 Å². The summed E-state index contributed by atoms with van der Waals surface area (Å²) in [5.41, 5.74) is 0.827. The highest BCUT2D eigenvalue weighted by Gasteiger charge is 2.23. The third-order valence-electron chi connectivity index (χ3n) is 3.89. The molecule has 3 rings (SSSR count). The molecule has 2 heterocycles. The number of β-amino-alcohol motifs (C(OH)–C–C–N with tert-alkyl or cyclic N) is 1. The fourth-order valence-electron chi connectivity index (χ4n) is 2.69. The Balaban J connectivity index is 2.01. The maximum absolute atomic E-state index is 13.6. The van der Waals surface area contributed by atoms with Crippen LogP contribution in [0.4, 0.5) is 14.7 Å². The van der Waals surface area contributed by atoms with Crippen LogP contribution in [-0.4, -0.2) is 48.9 Å². The van der Waals surface area contributed by atoms with Crippen LogP contribution in [0.2, 0.25) is 0 Å². The minimum Gasteiger partial charge on any atom is -0.391 e. The van der Waals surface area contributed by atoms with Crippen molar-refractivity contribution in [1.29, 1.82) is 0 Å². The maximum atomic E-state index is 13.6. The first-order chi connectivity index (χ1) is 12.2. The molecule has 0 bridgehead atoms. The van der Waals surface area contributed by atoms with Gasteiger partial charge in [0.2, 0.25) is 16.0 Å². The Kier molecular flexibility index (Phi) is 5.17. The molecule has 0 saturated carbocycles. The fraction of sp³-hybridized carbons (Fsp3) is 0.375. The second-order valence-electron chi connectivity index (χ2n) is 6.18. The van der Waals surface area contributed by atoms with Crippen LogP contribution < -0.4 is 9.62 Å². The molecule has 0 unspecified atom stereocenters. The zero-order valence-corrected chi connectivity index (χ0v) is 14.8. The average molecular weight is 384 g/mol. The van der Waals surface area contributed by atoms with Crippen molar-refractivity contribution in [2.24, 2.45) is 0 Å². The number of hydrogen-bond donors (Lipinski definition) is 2. The molecular formula is C16H18F2N4O3S. The van der Waals surface area contributed by atoms with E-state index >= 15 is 0 Å². The van der Waals surface area contributed by atoms with Crippen LogP contribution in [0, 0.1) is 11.6 Å². The van der Waals surface area contributed by atoms with Crippen molar-refractivity contribution in [2.75, 3.05) is 24.2 Å². The van der Waals surface area contributed by atoms with Gasteiger partial charge in [-0.2, -0.15) is 0 Å². The summed E-state index contributed by atoms with van der Waals surface area (Å²) in [5.74, 6) is -1.21. The molecule has 0 aliphatic carbocycles. The molecular weight excluding hydrogens is 366 g/mol. The van der Waals surface area contributed by atoms with E-state index in [4.69, 9.17) is 0 Å². The normalized spacial score (nSPS) is 17.7. The van der Waals surface area contributed by atoms with Gasteiger partial charge in [0.1, 0.15) is 11.6 Å². The van der Waals surface area contributed by atoms with Gasteiger partial charge in [-0.3, -0.25) is 0 Å². The molecule has 7 nitrogen and oxygen atoms in total. The summed E-state index contributed by atoms with van der Waals surface area (Å²) < 4.78 is 52.1. The highest BCUT2D eigenvalue weighted by atomic mass is 32.2. The smallest absolute Gasteiger partial charge is 0.226 e. The lowest BCUT2D eigenvalue weighted by atomic mass is 10.1. The van der Waals surface area contributed by atoms with Crippen LogP contribution in [-0.2, 0) is 16.6 Å². The van der Waals surface area contributed by atoms with Crippen LogP contribution in [0.25, 0.3) is 11.3 Å². The van der Waals surface area contributed by atoms with Crippen LogP contribution in [0.5, 0.6) is 0 Å². The number of nitrogens with zero attached hydrogens (tertiary/aromatic N) is 3. The maximum Gasteiger partial charge on any atom is 0.226 e. The Morgan fingerprint density at radius 2 is 1.92 bits per heavy atom. The second-order valence-corrected chi connectivity index (χ2v) is 8.02. The summed E-state index contributed by atoms with van der Waals surface area (Å²) in [5, 5.41) is 9.71. The van der Waals surface area contributed by atoms with Gasteiger partial charge in [0, 0.05) is 24.7 Å². The molecule has 0 radical (unpaired) electrons.